The van der Waals surface area contributed by atoms with Crippen molar-refractivity contribution in [1.82, 2.24) is 20.6 Å². The lowest BCUT2D eigenvalue weighted by atomic mass is 10.1. The van der Waals surface area contributed by atoms with Gasteiger partial charge in [-0.15, -0.1) is 0 Å². The number of carbonyl (C=O) groups excluding carboxylic acids is 2. The normalized spacial score (nSPS) is 10.6. The van der Waals surface area contributed by atoms with E-state index >= 15 is 0 Å². The molecule has 0 bridgehead atoms. The van der Waals surface area contributed by atoms with Crippen LogP contribution < -0.4 is 10.9 Å². The largest absolute Gasteiger partial charge is 0.507 e. The fraction of sp³-hybridized carbons (Fsp3) is 0. The third-order valence-corrected chi connectivity index (χ3v) is 4.58. The summed E-state index contributed by atoms with van der Waals surface area (Å²) in [7, 11) is 0. The Morgan fingerprint density at radius 3 is 2.16 bits per heavy atom. The number of aromatic nitrogens is 2. The maximum atomic E-state index is 13.9. The zero-order valence-electron chi connectivity index (χ0n) is 16.4. The number of hydrazine groups is 1. The van der Waals surface area contributed by atoms with Crippen molar-refractivity contribution < 1.29 is 23.5 Å². The molecule has 0 saturated heterocycles. The Hall–Kier alpha value is -4.53. The summed E-state index contributed by atoms with van der Waals surface area (Å²) in [4.78, 5) is 25.1. The number of amides is 2. The third-order valence-electron chi connectivity index (χ3n) is 4.58. The summed E-state index contributed by atoms with van der Waals surface area (Å²) in [6.07, 6.45) is 1.50. The van der Waals surface area contributed by atoms with Crippen molar-refractivity contribution in [3.63, 3.8) is 0 Å². The van der Waals surface area contributed by atoms with Crippen molar-refractivity contribution in [2.45, 2.75) is 0 Å². The molecule has 0 aliphatic rings. The number of carbonyl (C=O) groups is 2. The molecule has 0 unspecified atom stereocenters. The number of nitrogens with one attached hydrogen (secondary N) is 2. The summed E-state index contributed by atoms with van der Waals surface area (Å²) in [6.45, 7) is 0. The summed E-state index contributed by atoms with van der Waals surface area (Å²) < 4.78 is 28.6. The van der Waals surface area contributed by atoms with E-state index in [1.54, 1.807) is 24.3 Å². The minimum Gasteiger partial charge on any atom is -0.507 e. The molecule has 160 valence electrons. The number of halogens is 2. The van der Waals surface area contributed by atoms with E-state index in [-0.39, 0.29) is 5.56 Å². The number of nitrogens with zero attached hydrogens (tertiary/aromatic N) is 2. The number of para-hydroxylation sites is 1. The topological polar surface area (TPSA) is 96.3 Å². The predicted octanol–water partition coefficient (Wildman–Crippen LogP) is 3.60. The van der Waals surface area contributed by atoms with Gasteiger partial charge in [0.1, 0.15) is 28.6 Å². The van der Waals surface area contributed by atoms with Crippen molar-refractivity contribution in [1.29, 1.82) is 0 Å². The first-order chi connectivity index (χ1) is 15.4. The average Bonchev–Trinajstić information content (AvgIpc) is 3.24. The van der Waals surface area contributed by atoms with E-state index in [1.807, 2.05) is 41.8 Å². The Morgan fingerprint density at radius 1 is 0.875 bits per heavy atom. The second-order valence-corrected chi connectivity index (χ2v) is 6.73. The van der Waals surface area contributed by atoms with E-state index in [1.165, 1.54) is 10.9 Å². The highest BCUT2D eigenvalue weighted by Gasteiger charge is 2.22. The predicted molar refractivity (Wildman–Crippen MR) is 112 cm³/mol. The number of hydrogen-bond donors (Lipinski definition) is 3. The van der Waals surface area contributed by atoms with E-state index < -0.39 is 34.8 Å². The van der Waals surface area contributed by atoms with Crippen molar-refractivity contribution in [3.05, 3.63) is 102 Å². The van der Waals surface area contributed by atoms with Crippen LogP contribution in [-0.2, 0) is 0 Å². The van der Waals surface area contributed by atoms with Gasteiger partial charge in [-0.1, -0.05) is 48.5 Å². The summed E-state index contributed by atoms with van der Waals surface area (Å²) in [5.41, 5.74) is 5.29. The molecule has 2 amide bonds. The summed E-state index contributed by atoms with van der Waals surface area (Å²) in [5, 5.41) is 14.2. The van der Waals surface area contributed by atoms with Crippen LogP contribution in [0.4, 0.5) is 8.78 Å². The summed E-state index contributed by atoms with van der Waals surface area (Å²) in [6, 6.07) is 19.1. The van der Waals surface area contributed by atoms with Crippen molar-refractivity contribution >= 4 is 11.8 Å². The average molecular weight is 434 g/mol. The highest BCUT2D eigenvalue weighted by Crippen LogP contribution is 2.24. The first-order valence-corrected chi connectivity index (χ1v) is 9.43. The van der Waals surface area contributed by atoms with Gasteiger partial charge in [-0.3, -0.25) is 20.4 Å². The molecule has 0 aliphatic carbocycles. The highest BCUT2D eigenvalue weighted by molar-refractivity contribution is 6.03. The molecule has 0 fully saturated rings. The van der Waals surface area contributed by atoms with Crippen LogP contribution in [0.25, 0.3) is 16.9 Å². The molecule has 7 nitrogen and oxygen atoms in total. The third kappa shape index (κ3) is 4.17. The van der Waals surface area contributed by atoms with Crippen LogP contribution >= 0.6 is 0 Å². The Bertz CT molecular complexity index is 1270. The standard InChI is InChI=1S/C23H16F2N4O3/c24-15-11-18(25)20(19(30)12-15)23(32)27-26-22(31)17-13-29(16-9-5-2-6-10-16)28-21(17)14-7-3-1-4-8-14/h1-13,30H,(H,26,31)(H,27,32). The molecule has 1 heterocycles. The second-order valence-electron chi connectivity index (χ2n) is 6.73. The van der Waals surface area contributed by atoms with Crippen LogP contribution in [0.2, 0.25) is 0 Å². The number of rotatable bonds is 4. The Balaban J connectivity index is 1.62. The van der Waals surface area contributed by atoms with E-state index in [2.05, 4.69) is 10.5 Å². The zero-order valence-corrected chi connectivity index (χ0v) is 16.4. The van der Waals surface area contributed by atoms with E-state index in [0.717, 1.165) is 0 Å². The fourth-order valence-corrected chi connectivity index (χ4v) is 3.09. The van der Waals surface area contributed by atoms with Crippen molar-refractivity contribution in [2.75, 3.05) is 0 Å². The molecule has 3 aromatic carbocycles. The molecule has 32 heavy (non-hydrogen) atoms. The van der Waals surface area contributed by atoms with Crippen LogP contribution in [0.15, 0.2) is 79.0 Å². The van der Waals surface area contributed by atoms with Gasteiger partial charge in [-0.25, -0.2) is 13.5 Å². The van der Waals surface area contributed by atoms with Gasteiger partial charge >= 0.3 is 0 Å². The minimum atomic E-state index is -1.27. The molecular weight excluding hydrogens is 418 g/mol. The molecule has 4 aromatic rings. The smallest absolute Gasteiger partial charge is 0.276 e. The molecule has 0 aliphatic heterocycles. The molecule has 0 radical (unpaired) electrons. The zero-order chi connectivity index (χ0) is 22.7. The fourth-order valence-electron chi connectivity index (χ4n) is 3.09. The Morgan fingerprint density at radius 2 is 1.50 bits per heavy atom. The van der Waals surface area contributed by atoms with Gasteiger partial charge < -0.3 is 5.11 Å². The lowest BCUT2D eigenvalue weighted by Crippen LogP contribution is -2.42. The van der Waals surface area contributed by atoms with Gasteiger partial charge in [0, 0.05) is 23.9 Å². The van der Waals surface area contributed by atoms with Gasteiger partial charge in [0.2, 0.25) is 0 Å². The van der Waals surface area contributed by atoms with Gasteiger partial charge in [0.15, 0.2) is 0 Å². The van der Waals surface area contributed by atoms with Gasteiger partial charge in [0.05, 0.1) is 11.3 Å². The van der Waals surface area contributed by atoms with Crippen LogP contribution in [0.3, 0.4) is 0 Å². The molecule has 3 N–H and O–H groups in total. The highest BCUT2D eigenvalue weighted by atomic mass is 19.1. The van der Waals surface area contributed by atoms with Crippen LogP contribution in [-0.4, -0.2) is 26.7 Å². The van der Waals surface area contributed by atoms with E-state index in [4.69, 9.17) is 0 Å². The maximum Gasteiger partial charge on any atom is 0.276 e. The van der Waals surface area contributed by atoms with Crippen LogP contribution in [0, 0.1) is 11.6 Å². The van der Waals surface area contributed by atoms with E-state index in [0.29, 0.717) is 29.1 Å². The molecule has 0 saturated carbocycles. The first-order valence-electron chi connectivity index (χ1n) is 9.43. The summed E-state index contributed by atoms with van der Waals surface area (Å²) >= 11 is 0. The van der Waals surface area contributed by atoms with Crippen LogP contribution in [0.5, 0.6) is 5.75 Å². The SMILES string of the molecule is O=C(NNC(=O)c1c(O)cc(F)cc1F)c1cn(-c2ccccc2)nc1-c1ccccc1. The molecule has 1 aromatic heterocycles. The van der Waals surface area contributed by atoms with Gasteiger partial charge in [0.25, 0.3) is 11.8 Å². The number of phenolic OH excluding ortho intramolecular Hbond substituents is 1. The lowest BCUT2D eigenvalue weighted by molar-refractivity contribution is 0.0842. The second kappa shape index (κ2) is 8.68. The van der Waals surface area contributed by atoms with Crippen molar-refractivity contribution in [3.8, 4) is 22.7 Å². The quantitative estimate of drug-likeness (QED) is 0.428. The lowest BCUT2D eigenvalue weighted by Gasteiger charge is -2.09. The molecule has 4 rings (SSSR count). The minimum absolute atomic E-state index is 0.143. The number of aromatic hydroxyl groups is 1. The monoisotopic (exact) mass is 434 g/mol. The number of phenols is 1. The van der Waals surface area contributed by atoms with E-state index in [9.17, 15) is 23.5 Å². The molecule has 0 atom stereocenters. The van der Waals surface area contributed by atoms with Crippen LogP contribution in [0.1, 0.15) is 20.7 Å². The Labute approximate surface area is 180 Å². The maximum absolute atomic E-state index is 13.9. The first kappa shape index (κ1) is 20.7. The molecule has 9 heteroatoms. The van der Waals surface area contributed by atoms with Crippen molar-refractivity contribution in [2.24, 2.45) is 0 Å². The number of hydrogen-bond acceptors (Lipinski definition) is 4. The van der Waals surface area contributed by atoms with Gasteiger partial charge in [-0.05, 0) is 12.1 Å². The molecular formula is C23H16F2N4O3. The summed E-state index contributed by atoms with van der Waals surface area (Å²) in [5.74, 6) is -5.07. The Kier molecular flexibility index (Phi) is 5.63. The molecule has 0 spiro atoms. The van der Waals surface area contributed by atoms with Gasteiger partial charge in [-0.2, -0.15) is 5.10 Å². The number of benzene rings is 3.